The van der Waals surface area contributed by atoms with Gasteiger partial charge in [0, 0.05) is 44.8 Å². The molecule has 4 heteroatoms. The first-order valence-electron chi connectivity index (χ1n) is 11.8. The molecule has 0 saturated carbocycles. The maximum atomic E-state index is 6.11. The summed E-state index contributed by atoms with van der Waals surface area (Å²) in [6.07, 6.45) is 2.30. The van der Waals surface area contributed by atoms with E-state index in [4.69, 9.17) is 5.73 Å². The van der Waals surface area contributed by atoms with Gasteiger partial charge in [-0.1, -0.05) is 72.8 Å². The molecule has 4 nitrogen and oxygen atoms in total. The summed E-state index contributed by atoms with van der Waals surface area (Å²) < 4.78 is 0. The molecule has 1 aliphatic heterocycles. The van der Waals surface area contributed by atoms with Gasteiger partial charge >= 0.3 is 0 Å². The minimum absolute atomic E-state index is 0.477. The van der Waals surface area contributed by atoms with Crippen LogP contribution < -0.4 is 11.1 Å². The van der Waals surface area contributed by atoms with E-state index < -0.39 is 0 Å². The van der Waals surface area contributed by atoms with Gasteiger partial charge in [-0.15, -0.1) is 0 Å². The highest BCUT2D eigenvalue weighted by Gasteiger charge is 2.23. The van der Waals surface area contributed by atoms with Crippen molar-refractivity contribution in [2.75, 3.05) is 30.7 Å². The molecule has 168 valence electrons. The van der Waals surface area contributed by atoms with Crippen molar-refractivity contribution in [3.05, 3.63) is 96.1 Å². The third-order valence-corrected chi connectivity index (χ3v) is 6.51. The Morgan fingerprint density at radius 3 is 1.94 bits per heavy atom. The van der Waals surface area contributed by atoms with E-state index in [0.717, 1.165) is 56.9 Å². The Bertz CT molecular complexity index is 894. The van der Waals surface area contributed by atoms with Crippen molar-refractivity contribution in [2.24, 2.45) is 0 Å². The minimum atomic E-state index is 0.477. The zero-order chi connectivity index (χ0) is 22.2. The van der Waals surface area contributed by atoms with Gasteiger partial charge in [-0.3, -0.25) is 4.90 Å². The molecule has 1 atom stereocenters. The smallest absolute Gasteiger partial charge is 0.0576 e. The van der Waals surface area contributed by atoms with Crippen molar-refractivity contribution in [1.82, 2.24) is 9.80 Å². The van der Waals surface area contributed by atoms with Crippen LogP contribution in [0.25, 0.3) is 0 Å². The van der Waals surface area contributed by atoms with E-state index in [0.29, 0.717) is 12.1 Å². The van der Waals surface area contributed by atoms with Gasteiger partial charge in [-0.05, 0) is 43.0 Å². The maximum absolute atomic E-state index is 6.11. The largest absolute Gasteiger partial charge is 0.397 e. The SMILES string of the molecule is C[C@@H](CN1CCC(Nc2ccccc2N)CC1)N(Cc1ccccc1)Cc1ccccc1. The van der Waals surface area contributed by atoms with Crippen LogP contribution in [0.1, 0.15) is 30.9 Å². The molecule has 0 spiro atoms. The molecular formula is C28H36N4. The fourth-order valence-electron chi connectivity index (χ4n) is 4.60. The molecular weight excluding hydrogens is 392 g/mol. The first kappa shape index (κ1) is 22.4. The van der Waals surface area contributed by atoms with Crippen LogP contribution in [0.3, 0.4) is 0 Å². The van der Waals surface area contributed by atoms with Gasteiger partial charge in [0.25, 0.3) is 0 Å². The molecule has 4 rings (SSSR count). The second kappa shape index (κ2) is 11.2. The lowest BCUT2D eigenvalue weighted by atomic mass is 10.0. The van der Waals surface area contributed by atoms with E-state index >= 15 is 0 Å². The normalized spacial score (nSPS) is 16.2. The lowest BCUT2D eigenvalue weighted by Gasteiger charge is -2.37. The summed E-state index contributed by atoms with van der Waals surface area (Å²) in [7, 11) is 0. The van der Waals surface area contributed by atoms with Gasteiger partial charge in [0.15, 0.2) is 0 Å². The third-order valence-electron chi connectivity index (χ3n) is 6.51. The van der Waals surface area contributed by atoms with Gasteiger partial charge in [0.2, 0.25) is 0 Å². The lowest BCUT2D eigenvalue weighted by Crippen LogP contribution is -2.46. The Labute approximate surface area is 193 Å². The number of nitrogens with zero attached hydrogens (tertiary/aromatic N) is 2. The van der Waals surface area contributed by atoms with Crippen molar-refractivity contribution < 1.29 is 0 Å². The number of hydrogen-bond acceptors (Lipinski definition) is 4. The standard InChI is InChI=1S/C28H36N4/c1-23(20-31-18-16-26(17-19-31)30-28-15-9-8-14-27(28)29)32(21-24-10-4-2-5-11-24)22-25-12-6-3-7-13-25/h2-15,23,26,30H,16-22,29H2,1H3/t23-/m0/s1. The van der Waals surface area contributed by atoms with E-state index in [1.807, 2.05) is 18.2 Å². The highest BCUT2D eigenvalue weighted by atomic mass is 15.2. The predicted molar refractivity (Wildman–Crippen MR) is 136 cm³/mol. The maximum Gasteiger partial charge on any atom is 0.0576 e. The monoisotopic (exact) mass is 428 g/mol. The Hall–Kier alpha value is -2.82. The molecule has 1 heterocycles. The average molecular weight is 429 g/mol. The summed E-state index contributed by atoms with van der Waals surface area (Å²) in [6, 6.07) is 30.7. The summed E-state index contributed by atoms with van der Waals surface area (Å²) >= 11 is 0. The second-order valence-electron chi connectivity index (χ2n) is 9.03. The Morgan fingerprint density at radius 2 is 1.38 bits per heavy atom. The molecule has 0 amide bonds. The van der Waals surface area contributed by atoms with E-state index in [2.05, 4.69) is 88.8 Å². The van der Waals surface area contributed by atoms with Gasteiger partial charge in [-0.2, -0.15) is 0 Å². The molecule has 3 N–H and O–H groups in total. The van der Waals surface area contributed by atoms with Crippen molar-refractivity contribution in [1.29, 1.82) is 0 Å². The topological polar surface area (TPSA) is 44.5 Å². The van der Waals surface area contributed by atoms with Crippen LogP contribution >= 0.6 is 0 Å². The third kappa shape index (κ3) is 6.35. The predicted octanol–water partition coefficient (Wildman–Crippen LogP) is 5.24. The molecule has 3 aromatic carbocycles. The molecule has 0 aliphatic carbocycles. The number of hydrogen-bond donors (Lipinski definition) is 2. The van der Waals surface area contributed by atoms with Crippen molar-refractivity contribution in [2.45, 2.75) is 44.9 Å². The molecule has 32 heavy (non-hydrogen) atoms. The second-order valence-corrected chi connectivity index (χ2v) is 9.03. The number of rotatable bonds is 9. The lowest BCUT2D eigenvalue weighted by molar-refractivity contribution is 0.120. The van der Waals surface area contributed by atoms with E-state index in [-0.39, 0.29) is 0 Å². The summed E-state index contributed by atoms with van der Waals surface area (Å²) in [5.41, 5.74) is 10.8. The Kier molecular flexibility index (Phi) is 7.81. The summed E-state index contributed by atoms with van der Waals surface area (Å²) in [6.45, 7) is 7.67. The van der Waals surface area contributed by atoms with Crippen LogP contribution in [-0.2, 0) is 13.1 Å². The van der Waals surface area contributed by atoms with Crippen LogP contribution in [0.2, 0.25) is 0 Å². The van der Waals surface area contributed by atoms with Gasteiger partial charge in [-0.25, -0.2) is 0 Å². The first-order chi connectivity index (χ1) is 15.7. The minimum Gasteiger partial charge on any atom is -0.397 e. The molecule has 0 radical (unpaired) electrons. The van der Waals surface area contributed by atoms with E-state index in [9.17, 15) is 0 Å². The van der Waals surface area contributed by atoms with Crippen molar-refractivity contribution in [3.63, 3.8) is 0 Å². The average Bonchev–Trinajstić information content (AvgIpc) is 2.83. The number of piperidine rings is 1. The first-order valence-corrected chi connectivity index (χ1v) is 11.8. The Balaban J connectivity index is 1.33. The van der Waals surface area contributed by atoms with Crippen LogP contribution in [0, 0.1) is 0 Å². The van der Waals surface area contributed by atoms with Crippen molar-refractivity contribution in [3.8, 4) is 0 Å². The molecule has 0 unspecified atom stereocenters. The quantitative estimate of drug-likeness (QED) is 0.458. The molecule has 3 aromatic rings. The number of nitrogens with one attached hydrogen (secondary N) is 1. The summed E-state index contributed by atoms with van der Waals surface area (Å²) in [5, 5.41) is 3.65. The zero-order valence-corrected chi connectivity index (χ0v) is 19.2. The fourth-order valence-corrected chi connectivity index (χ4v) is 4.60. The molecule has 1 saturated heterocycles. The van der Waals surface area contributed by atoms with Gasteiger partial charge in [0.05, 0.1) is 11.4 Å². The van der Waals surface area contributed by atoms with Crippen LogP contribution in [0.15, 0.2) is 84.9 Å². The van der Waals surface area contributed by atoms with E-state index in [1.165, 1.54) is 11.1 Å². The molecule has 1 aliphatic rings. The Morgan fingerprint density at radius 1 is 0.844 bits per heavy atom. The fraction of sp³-hybridized carbons (Fsp3) is 0.357. The van der Waals surface area contributed by atoms with Gasteiger partial charge < -0.3 is 16.0 Å². The zero-order valence-electron chi connectivity index (χ0n) is 19.2. The molecule has 1 fully saturated rings. The number of para-hydroxylation sites is 2. The molecule has 0 bridgehead atoms. The highest BCUT2D eigenvalue weighted by molar-refractivity contribution is 5.65. The summed E-state index contributed by atoms with van der Waals surface area (Å²) in [5.74, 6) is 0. The number of anilines is 2. The van der Waals surface area contributed by atoms with Crippen molar-refractivity contribution >= 4 is 11.4 Å². The number of benzene rings is 3. The highest BCUT2D eigenvalue weighted by Crippen LogP contribution is 2.22. The summed E-state index contributed by atoms with van der Waals surface area (Å²) in [4.78, 5) is 5.24. The number of nitrogen functional groups attached to an aromatic ring is 1. The van der Waals surface area contributed by atoms with Gasteiger partial charge in [0.1, 0.15) is 0 Å². The number of likely N-dealkylation sites (tertiary alicyclic amines) is 1. The molecule has 0 aromatic heterocycles. The van der Waals surface area contributed by atoms with E-state index in [1.54, 1.807) is 0 Å². The number of nitrogens with two attached hydrogens (primary N) is 1. The van der Waals surface area contributed by atoms with Crippen LogP contribution in [0.4, 0.5) is 11.4 Å². The van der Waals surface area contributed by atoms with Crippen LogP contribution in [0.5, 0.6) is 0 Å². The van der Waals surface area contributed by atoms with Crippen LogP contribution in [-0.4, -0.2) is 41.5 Å².